The van der Waals surface area contributed by atoms with E-state index in [4.69, 9.17) is 0 Å². The van der Waals surface area contributed by atoms with Crippen molar-refractivity contribution >= 4 is 33.9 Å². The Morgan fingerprint density at radius 1 is 1.25 bits per heavy atom. The average molecular weight is 347 g/mol. The molecule has 0 saturated heterocycles. The molecule has 16 heavy (non-hydrogen) atoms. The molecule has 0 radical (unpaired) electrons. The molecule has 0 spiro atoms. The van der Waals surface area contributed by atoms with E-state index in [0.717, 1.165) is 5.56 Å². The number of hydrogen-bond acceptors (Lipinski definition) is 2. The van der Waals surface area contributed by atoms with E-state index >= 15 is 0 Å². The second-order valence-corrected chi connectivity index (χ2v) is 6.26. The van der Waals surface area contributed by atoms with E-state index in [2.05, 4.69) is 39.4 Å². The van der Waals surface area contributed by atoms with Crippen LogP contribution in [0.15, 0.2) is 35.7 Å². The maximum atomic E-state index is 12.8. The van der Waals surface area contributed by atoms with Crippen LogP contribution in [0.2, 0.25) is 0 Å². The Morgan fingerprint density at radius 2 is 1.94 bits per heavy atom. The van der Waals surface area contributed by atoms with Crippen LogP contribution >= 0.6 is 33.9 Å². The van der Waals surface area contributed by atoms with Gasteiger partial charge in [0.1, 0.15) is 5.82 Å². The minimum atomic E-state index is -0.196. The van der Waals surface area contributed by atoms with Crippen LogP contribution in [-0.2, 0) is 0 Å². The van der Waals surface area contributed by atoms with Crippen LogP contribution in [-0.4, -0.2) is 7.05 Å². The first-order valence-electron chi connectivity index (χ1n) is 4.87. The van der Waals surface area contributed by atoms with Crippen LogP contribution in [0.3, 0.4) is 0 Å². The molecule has 0 aliphatic rings. The molecule has 1 N–H and O–H groups in total. The van der Waals surface area contributed by atoms with Gasteiger partial charge in [-0.1, -0.05) is 12.1 Å². The Kier molecular flexibility index (Phi) is 3.94. The Balaban J connectivity index is 2.32. The summed E-state index contributed by atoms with van der Waals surface area (Å²) in [6, 6.07) is 8.92. The molecule has 0 aliphatic carbocycles. The minimum Gasteiger partial charge on any atom is -0.309 e. The molecule has 1 atom stereocenters. The van der Waals surface area contributed by atoms with Gasteiger partial charge in [0.05, 0.1) is 8.93 Å². The van der Waals surface area contributed by atoms with Crippen molar-refractivity contribution in [2.75, 3.05) is 7.05 Å². The normalized spacial score (nSPS) is 12.7. The molecule has 1 aromatic heterocycles. The molecule has 0 amide bonds. The van der Waals surface area contributed by atoms with Gasteiger partial charge in [-0.15, -0.1) is 11.3 Å². The van der Waals surface area contributed by atoms with Crippen molar-refractivity contribution in [2.45, 2.75) is 6.04 Å². The molecular weight excluding hydrogens is 336 g/mol. The fourth-order valence-electron chi connectivity index (χ4n) is 1.66. The Hall–Kier alpha value is -0.460. The van der Waals surface area contributed by atoms with Gasteiger partial charge in [0.15, 0.2) is 0 Å². The molecule has 0 saturated carbocycles. The fraction of sp³-hybridized carbons (Fsp3) is 0.167. The summed E-state index contributed by atoms with van der Waals surface area (Å²) in [5.74, 6) is -0.196. The van der Waals surface area contributed by atoms with Crippen molar-refractivity contribution in [3.8, 4) is 0 Å². The van der Waals surface area contributed by atoms with Crippen LogP contribution in [0, 0.1) is 8.70 Å². The lowest BCUT2D eigenvalue weighted by molar-refractivity contribution is 0.623. The number of thiophene rings is 1. The van der Waals surface area contributed by atoms with Gasteiger partial charge < -0.3 is 5.32 Å². The van der Waals surface area contributed by atoms with E-state index in [9.17, 15) is 4.39 Å². The third-order valence-electron chi connectivity index (χ3n) is 2.41. The van der Waals surface area contributed by atoms with Gasteiger partial charge in [-0.25, -0.2) is 4.39 Å². The lowest BCUT2D eigenvalue weighted by atomic mass is 10.0. The molecule has 2 aromatic rings. The minimum absolute atomic E-state index is 0.139. The largest absolute Gasteiger partial charge is 0.309 e. The second-order valence-electron chi connectivity index (χ2n) is 3.46. The molecule has 0 aliphatic heterocycles. The third kappa shape index (κ3) is 2.61. The SMILES string of the molecule is CNC(c1ccc(F)cc1)c1csc(I)c1. The van der Waals surface area contributed by atoms with Crippen LogP contribution in [0.4, 0.5) is 4.39 Å². The molecule has 1 unspecified atom stereocenters. The summed E-state index contributed by atoms with van der Waals surface area (Å²) in [5, 5.41) is 5.38. The number of halogens is 2. The van der Waals surface area contributed by atoms with Gasteiger partial charge in [0, 0.05) is 0 Å². The van der Waals surface area contributed by atoms with Crippen LogP contribution in [0.1, 0.15) is 17.2 Å². The van der Waals surface area contributed by atoms with E-state index in [1.807, 2.05) is 19.2 Å². The number of rotatable bonds is 3. The monoisotopic (exact) mass is 347 g/mol. The van der Waals surface area contributed by atoms with Gasteiger partial charge in [0.2, 0.25) is 0 Å². The van der Waals surface area contributed by atoms with Crippen molar-refractivity contribution in [3.05, 3.63) is 55.5 Å². The van der Waals surface area contributed by atoms with Crippen LogP contribution in [0.5, 0.6) is 0 Å². The predicted octanol–water partition coefficient (Wildman–Crippen LogP) is 3.80. The highest BCUT2D eigenvalue weighted by Gasteiger charge is 2.13. The third-order valence-corrected chi connectivity index (χ3v) is 4.22. The van der Waals surface area contributed by atoms with Gasteiger partial charge in [0.25, 0.3) is 0 Å². The first-order valence-corrected chi connectivity index (χ1v) is 6.83. The number of nitrogens with one attached hydrogen (secondary N) is 1. The summed E-state index contributed by atoms with van der Waals surface area (Å²) in [5.41, 5.74) is 2.31. The molecule has 84 valence electrons. The fourth-order valence-corrected chi connectivity index (χ4v) is 3.05. The van der Waals surface area contributed by atoms with E-state index in [-0.39, 0.29) is 11.9 Å². The first-order chi connectivity index (χ1) is 7.70. The Bertz CT molecular complexity index is 466. The second kappa shape index (κ2) is 5.25. The maximum Gasteiger partial charge on any atom is 0.123 e. The number of hydrogen-bond donors (Lipinski definition) is 1. The quantitative estimate of drug-likeness (QED) is 0.833. The molecule has 1 nitrogen and oxygen atoms in total. The highest BCUT2D eigenvalue weighted by atomic mass is 127. The molecule has 4 heteroatoms. The van der Waals surface area contributed by atoms with Crippen LogP contribution in [0.25, 0.3) is 0 Å². The molecular formula is C12H11FINS. The highest BCUT2D eigenvalue weighted by molar-refractivity contribution is 14.1. The smallest absolute Gasteiger partial charge is 0.123 e. The van der Waals surface area contributed by atoms with E-state index < -0.39 is 0 Å². The highest BCUT2D eigenvalue weighted by Crippen LogP contribution is 2.27. The van der Waals surface area contributed by atoms with E-state index in [1.165, 1.54) is 20.6 Å². The van der Waals surface area contributed by atoms with Crippen molar-refractivity contribution in [1.82, 2.24) is 5.32 Å². The van der Waals surface area contributed by atoms with Crippen molar-refractivity contribution in [2.24, 2.45) is 0 Å². The topological polar surface area (TPSA) is 12.0 Å². The first kappa shape index (κ1) is 12.0. The van der Waals surface area contributed by atoms with E-state index in [1.54, 1.807) is 11.3 Å². The maximum absolute atomic E-state index is 12.8. The summed E-state index contributed by atoms with van der Waals surface area (Å²) in [7, 11) is 1.92. The van der Waals surface area contributed by atoms with Crippen molar-refractivity contribution < 1.29 is 4.39 Å². The van der Waals surface area contributed by atoms with Gasteiger partial charge in [-0.05, 0) is 64.3 Å². The lowest BCUT2D eigenvalue weighted by Gasteiger charge is -2.15. The molecule has 0 bridgehead atoms. The molecule has 2 rings (SSSR count). The summed E-state index contributed by atoms with van der Waals surface area (Å²) >= 11 is 4.02. The zero-order chi connectivity index (χ0) is 11.5. The van der Waals surface area contributed by atoms with Crippen molar-refractivity contribution in [3.63, 3.8) is 0 Å². The zero-order valence-electron chi connectivity index (χ0n) is 8.71. The lowest BCUT2D eigenvalue weighted by Crippen LogP contribution is -2.16. The van der Waals surface area contributed by atoms with Crippen LogP contribution < -0.4 is 5.32 Å². The van der Waals surface area contributed by atoms with Gasteiger partial charge >= 0.3 is 0 Å². The Labute approximate surface area is 112 Å². The molecule has 1 heterocycles. The van der Waals surface area contributed by atoms with E-state index in [0.29, 0.717) is 0 Å². The standard InChI is InChI=1S/C12H11FINS/c1-15-12(9-6-11(14)16-7-9)8-2-4-10(13)5-3-8/h2-7,12,15H,1H3. The summed E-state index contributed by atoms with van der Waals surface area (Å²) in [6.45, 7) is 0. The zero-order valence-corrected chi connectivity index (χ0v) is 11.7. The molecule has 1 aromatic carbocycles. The van der Waals surface area contributed by atoms with Gasteiger partial charge in [-0.2, -0.15) is 0 Å². The number of benzene rings is 1. The summed E-state index contributed by atoms with van der Waals surface area (Å²) < 4.78 is 14.1. The van der Waals surface area contributed by atoms with Gasteiger partial charge in [-0.3, -0.25) is 0 Å². The average Bonchev–Trinajstić information content (AvgIpc) is 2.69. The Morgan fingerprint density at radius 3 is 2.44 bits per heavy atom. The summed E-state index contributed by atoms with van der Waals surface area (Å²) in [4.78, 5) is 0. The molecule has 0 fully saturated rings. The predicted molar refractivity (Wildman–Crippen MR) is 74.3 cm³/mol. The van der Waals surface area contributed by atoms with Crippen molar-refractivity contribution in [1.29, 1.82) is 0 Å². The summed E-state index contributed by atoms with van der Waals surface area (Å²) in [6.07, 6.45) is 0.